The van der Waals surface area contributed by atoms with E-state index >= 15 is 0 Å². The number of rotatable bonds is 2. The van der Waals surface area contributed by atoms with Gasteiger partial charge in [-0.05, 0) is 39.0 Å². The maximum absolute atomic E-state index is 11.7. The van der Waals surface area contributed by atoms with Crippen molar-refractivity contribution in [2.45, 2.75) is 45.8 Å². The largest absolute Gasteiger partial charge is 0.444 e. The van der Waals surface area contributed by atoms with Crippen molar-refractivity contribution in [1.29, 1.82) is 0 Å². The lowest BCUT2D eigenvalue weighted by atomic mass is 9.66. The minimum atomic E-state index is -0.514. The van der Waals surface area contributed by atoms with Crippen molar-refractivity contribution in [2.24, 2.45) is 11.8 Å². The lowest BCUT2D eigenvalue weighted by molar-refractivity contribution is -0.149. The minimum absolute atomic E-state index is 0.0564. The average molecular weight is 282 g/mol. The normalized spacial score (nSPS) is 28.4. The minimum Gasteiger partial charge on any atom is -0.444 e. The monoisotopic (exact) mass is 282 g/mol. The van der Waals surface area contributed by atoms with Crippen LogP contribution in [0.3, 0.4) is 0 Å². The molecule has 0 spiro atoms. The van der Waals surface area contributed by atoms with E-state index in [9.17, 15) is 14.4 Å². The summed E-state index contributed by atoms with van der Waals surface area (Å²) in [6, 6.07) is 0.0564. The van der Waals surface area contributed by atoms with Gasteiger partial charge in [0.25, 0.3) is 5.91 Å². The Morgan fingerprint density at radius 3 is 2.15 bits per heavy atom. The summed E-state index contributed by atoms with van der Waals surface area (Å²) < 4.78 is 5.24. The fourth-order valence-electron chi connectivity index (χ4n) is 2.96. The van der Waals surface area contributed by atoms with Crippen LogP contribution in [0, 0.1) is 11.8 Å². The molecule has 3 rings (SSSR count). The lowest BCUT2D eigenvalue weighted by Gasteiger charge is -2.53. The predicted octanol–water partition coefficient (Wildman–Crippen LogP) is 0.947. The van der Waals surface area contributed by atoms with Gasteiger partial charge in [0.1, 0.15) is 5.60 Å². The van der Waals surface area contributed by atoms with E-state index in [2.05, 4.69) is 5.32 Å². The van der Waals surface area contributed by atoms with Crippen LogP contribution >= 0.6 is 0 Å². The van der Waals surface area contributed by atoms with E-state index in [1.54, 1.807) is 4.90 Å². The maximum atomic E-state index is 11.7. The highest BCUT2D eigenvalue weighted by Gasteiger charge is 2.49. The van der Waals surface area contributed by atoms with Gasteiger partial charge in [-0.2, -0.15) is 0 Å². The van der Waals surface area contributed by atoms with E-state index in [1.807, 2.05) is 20.8 Å². The van der Waals surface area contributed by atoms with Gasteiger partial charge in [0, 0.05) is 26.1 Å². The Kier molecular flexibility index (Phi) is 3.75. The summed E-state index contributed by atoms with van der Waals surface area (Å²) in [4.78, 5) is 36.1. The molecule has 2 atom stereocenters. The molecule has 2 aliphatic heterocycles. The molecule has 0 aromatic heterocycles. The SMILES string of the molecule is CC(=O)C(=O)N1CC2CC(C1)C2NC(=O)OC(C)(C)C. The second-order valence-corrected chi connectivity index (χ2v) is 6.69. The number of hydrogen-bond acceptors (Lipinski definition) is 4. The Balaban J connectivity index is 1.86. The van der Waals surface area contributed by atoms with E-state index in [4.69, 9.17) is 4.74 Å². The molecule has 3 aliphatic rings. The number of nitrogens with one attached hydrogen (secondary N) is 1. The molecule has 2 amide bonds. The van der Waals surface area contributed by atoms with Crippen LogP contribution in [0.1, 0.15) is 34.1 Å². The van der Waals surface area contributed by atoms with Gasteiger partial charge in [-0.3, -0.25) is 9.59 Å². The van der Waals surface area contributed by atoms with Gasteiger partial charge in [0.2, 0.25) is 5.78 Å². The zero-order valence-corrected chi connectivity index (χ0v) is 12.4. The molecular weight excluding hydrogens is 260 g/mol. The number of carbonyl (C=O) groups excluding carboxylic acids is 3. The number of amides is 2. The third-order valence-electron chi connectivity index (χ3n) is 3.80. The molecule has 1 saturated carbocycles. The van der Waals surface area contributed by atoms with Crippen LogP contribution < -0.4 is 5.32 Å². The molecule has 112 valence electrons. The van der Waals surface area contributed by atoms with Crippen LogP contribution in [0.5, 0.6) is 0 Å². The van der Waals surface area contributed by atoms with E-state index in [-0.39, 0.29) is 17.9 Å². The number of fused-ring (bicyclic) bond motifs is 2. The van der Waals surface area contributed by atoms with Gasteiger partial charge >= 0.3 is 6.09 Å². The van der Waals surface area contributed by atoms with Gasteiger partial charge in [-0.1, -0.05) is 0 Å². The Bertz CT molecular complexity index is 429. The molecule has 0 aromatic rings. The van der Waals surface area contributed by atoms with Crippen LogP contribution in [-0.2, 0) is 14.3 Å². The van der Waals surface area contributed by atoms with Crippen LogP contribution in [0.15, 0.2) is 0 Å². The maximum Gasteiger partial charge on any atom is 0.407 e. The number of piperidine rings is 2. The first kappa shape index (κ1) is 14.8. The summed E-state index contributed by atoms with van der Waals surface area (Å²) in [5, 5.41) is 2.88. The smallest absolute Gasteiger partial charge is 0.407 e. The van der Waals surface area contributed by atoms with Crippen LogP contribution in [0.4, 0.5) is 4.79 Å². The van der Waals surface area contributed by atoms with Crippen molar-refractivity contribution in [3.05, 3.63) is 0 Å². The predicted molar refractivity (Wildman–Crippen MR) is 72.0 cm³/mol. The summed E-state index contributed by atoms with van der Waals surface area (Å²) in [5.41, 5.74) is -0.514. The first-order chi connectivity index (χ1) is 9.17. The third-order valence-corrected chi connectivity index (χ3v) is 3.80. The summed E-state index contributed by atoms with van der Waals surface area (Å²) >= 11 is 0. The summed E-state index contributed by atoms with van der Waals surface area (Å²) in [7, 11) is 0. The number of nitrogens with zero attached hydrogens (tertiary/aromatic N) is 1. The van der Waals surface area contributed by atoms with Crippen molar-refractivity contribution >= 4 is 17.8 Å². The van der Waals surface area contributed by atoms with Crippen LogP contribution in [-0.4, -0.2) is 47.4 Å². The van der Waals surface area contributed by atoms with Gasteiger partial charge < -0.3 is 15.0 Å². The molecule has 2 bridgehead atoms. The highest BCUT2D eigenvalue weighted by atomic mass is 16.6. The molecule has 6 heteroatoms. The Labute approximate surface area is 118 Å². The number of carbonyl (C=O) groups is 3. The quantitative estimate of drug-likeness (QED) is 0.765. The molecule has 6 nitrogen and oxygen atoms in total. The van der Waals surface area contributed by atoms with Crippen molar-refractivity contribution in [1.82, 2.24) is 10.2 Å². The fourth-order valence-corrected chi connectivity index (χ4v) is 2.96. The first-order valence-corrected chi connectivity index (χ1v) is 6.97. The molecule has 2 saturated heterocycles. The van der Waals surface area contributed by atoms with Crippen molar-refractivity contribution in [3.8, 4) is 0 Å². The van der Waals surface area contributed by atoms with E-state index in [1.165, 1.54) is 6.92 Å². The Morgan fingerprint density at radius 1 is 1.15 bits per heavy atom. The van der Waals surface area contributed by atoms with Crippen LogP contribution in [0.25, 0.3) is 0 Å². The van der Waals surface area contributed by atoms with Gasteiger partial charge in [-0.25, -0.2) is 4.79 Å². The zero-order valence-electron chi connectivity index (χ0n) is 12.4. The summed E-state index contributed by atoms with van der Waals surface area (Å²) in [6.07, 6.45) is 0.575. The van der Waals surface area contributed by atoms with Crippen molar-refractivity contribution in [3.63, 3.8) is 0 Å². The summed E-state index contributed by atoms with van der Waals surface area (Å²) in [6.45, 7) is 7.83. The number of ether oxygens (including phenoxy) is 1. The van der Waals surface area contributed by atoms with Crippen molar-refractivity contribution < 1.29 is 19.1 Å². The number of hydrogen-bond donors (Lipinski definition) is 1. The molecule has 2 heterocycles. The molecule has 0 radical (unpaired) electrons. The van der Waals surface area contributed by atoms with E-state index in [0.29, 0.717) is 13.1 Å². The number of alkyl carbamates (subject to hydrolysis) is 1. The number of ketones is 1. The highest BCUT2D eigenvalue weighted by Crippen LogP contribution is 2.40. The second-order valence-electron chi connectivity index (χ2n) is 6.69. The summed E-state index contributed by atoms with van der Waals surface area (Å²) in [5.74, 6) is -0.396. The molecule has 0 aromatic carbocycles. The Hall–Kier alpha value is -1.59. The first-order valence-electron chi connectivity index (χ1n) is 6.97. The lowest BCUT2D eigenvalue weighted by Crippen LogP contribution is -2.65. The second kappa shape index (κ2) is 5.07. The zero-order chi connectivity index (χ0) is 15.1. The standard InChI is InChI=1S/C14H22N2O4/c1-8(17)12(18)16-6-9-5-10(7-16)11(9)15-13(19)20-14(2,3)4/h9-11H,5-7H2,1-4H3,(H,15,19). The molecule has 2 unspecified atom stereocenters. The van der Waals surface area contributed by atoms with Crippen LogP contribution in [0.2, 0.25) is 0 Å². The van der Waals surface area contributed by atoms with E-state index in [0.717, 1.165) is 6.42 Å². The van der Waals surface area contributed by atoms with Gasteiger partial charge in [0.05, 0.1) is 0 Å². The number of Topliss-reactive ketones (excluding diaryl/α,β-unsaturated/α-hetero) is 1. The fraction of sp³-hybridized carbons (Fsp3) is 0.786. The van der Waals surface area contributed by atoms with Gasteiger partial charge in [0.15, 0.2) is 0 Å². The highest BCUT2D eigenvalue weighted by molar-refractivity contribution is 6.35. The third kappa shape index (κ3) is 3.11. The van der Waals surface area contributed by atoms with Crippen molar-refractivity contribution in [2.75, 3.05) is 13.1 Å². The van der Waals surface area contributed by atoms with E-state index < -0.39 is 23.4 Å². The molecule has 1 N–H and O–H groups in total. The van der Waals surface area contributed by atoms with Gasteiger partial charge in [-0.15, -0.1) is 0 Å². The Morgan fingerprint density at radius 2 is 1.70 bits per heavy atom. The molecule has 3 fully saturated rings. The topological polar surface area (TPSA) is 75.7 Å². The molecule has 1 aliphatic carbocycles. The average Bonchev–Trinajstić information content (AvgIpc) is 2.33. The molecular formula is C14H22N2O4. The molecule has 20 heavy (non-hydrogen) atoms.